The number of piperidine rings is 1. The molecule has 15 heavy (non-hydrogen) atoms. The van der Waals surface area contributed by atoms with Crippen molar-refractivity contribution in [1.29, 1.82) is 0 Å². The first-order valence-corrected chi connectivity index (χ1v) is 6.19. The average molecular weight is 213 g/mol. The Bertz CT molecular complexity index is 176. The molecule has 0 aromatic heterocycles. The van der Waals surface area contributed by atoms with Crippen LogP contribution in [0.1, 0.15) is 45.4 Å². The van der Waals surface area contributed by atoms with Crippen LogP contribution in [0.4, 0.5) is 0 Å². The average Bonchev–Trinajstić information content (AvgIpc) is 2.28. The molecule has 3 nitrogen and oxygen atoms in total. The number of rotatable bonds is 6. The molecule has 1 aliphatic heterocycles. The Morgan fingerprint density at radius 3 is 2.80 bits per heavy atom. The lowest BCUT2D eigenvalue weighted by Gasteiger charge is -2.21. The quantitative estimate of drug-likeness (QED) is 0.542. The van der Waals surface area contributed by atoms with Crippen molar-refractivity contribution in [1.82, 2.24) is 5.32 Å². The maximum Gasteiger partial charge on any atom is 0.305 e. The second kappa shape index (κ2) is 7.69. The highest BCUT2D eigenvalue weighted by Crippen LogP contribution is 2.17. The van der Waals surface area contributed by atoms with Crippen molar-refractivity contribution in [2.24, 2.45) is 5.92 Å². The number of carbonyl (C=O) groups excluding carboxylic acids is 1. The molecule has 0 unspecified atom stereocenters. The van der Waals surface area contributed by atoms with E-state index in [0.717, 1.165) is 38.3 Å². The fourth-order valence-corrected chi connectivity index (χ4v) is 1.89. The fourth-order valence-electron chi connectivity index (χ4n) is 1.89. The van der Waals surface area contributed by atoms with Crippen LogP contribution in [0, 0.1) is 5.92 Å². The Labute approximate surface area is 92.6 Å². The molecule has 0 aromatic rings. The standard InChI is InChI=1S/C12H23NO2/c1-2-3-10-15-12(14)5-4-11-6-8-13-9-7-11/h11,13H,2-10H2,1H3. The minimum atomic E-state index is -0.0121. The molecule has 0 radical (unpaired) electrons. The van der Waals surface area contributed by atoms with Crippen LogP contribution in [0.15, 0.2) is 0 Å². The molecule has 1 heterocycles. The fraction of sp³-hybridized carbons (Fsp3) is 0.917. The molecule has 0 saturated carbocycles. The third-order valence-corrected chi connectivity index (χ3v) is 2.98. The number of unbranched alkanes of at least 4 members (excludes halogenated alkanes) is 1. The number of carbonyl (C=O) groups is 1. The van der Waals surface area contributed by atoms with E-state index in [1.54, 1.807) is 0 Å². The highest BCUT2D eigenvalue weighted by Gasteiger charge is 2.14. The van der Waals surface area contributed by atoms with Crippen LogP contribution in [0.5, 0.6) is 0 Å². The third-order valence-electron chi connectivity index (χ3n) is 2.98. The second-order valence-corrected chi connectivity index (χ2v) is 4.31. The van der Waals surface area contributed by atoms with Crippen molar-refractivity contribution in [3.8, 4) is 0 Å². The summed E-state index contributed by atoms with van der Waals surface area (Å²) < 4.78 is 5.12. The Hall–Kier alpha value is -0.570. The lowest BCUT2D eigenvalue weighted by molar-refractivity contribution is -0.144. The van der Waals surface area contributed by atoms with Crippen LogP contribution >= 0.6 is 0 Å². The van der Waals surface area contributed by atoms with Gasteiger partial charge in [0.15, 0.2) is 0 Å². The van der Waals surface area contributed by atoms with Gasteiger partial charge in [0.1, 0.15) is 0 Å². The monoisotopic (exact) mass is 213 g/mol. The van der Waals surface area contributed by atoms with Gasteiger partial charge < -0.3 is 10.1 Å². The van der Waals surface area contributed by atoms with E-state index in [-0.39, 0.29) is 5.97 Å². The van der Waals surface area contributed by atoms with E-state index < -0.39 is 0 Å². The molecule has 0 aromatic carbocycles. The van der Waals surface area contributed by atoms with Crippen molar-refractivity contribution < 1.29 is 9.53 Å². The summed E-state index contributed by atoms with van der Waals surface area (Å²) in [5.41, 5.74) is 0. The van der Waals surface area contributed by atoms with E-state index in [0.29, 0.717) is 13.0 Å². The van der Waals surface area contributed by atoms with Crippen LogP contribution in [-0.2, 0) is 9.53 Å². The van der Waals surface area contributed by atoms with Crippen molar-refractivity contribution >= 4 is 5.97 Å². The minimum Gasteiger partial charge on any atom is -0.466 e. The Morgan fingerprint density at radius 2 is 2.13 bits per heavy atom. The van der Waals surface area contributed by atoms with E-state index in [1.165, 1.54) is 12.8 Å². The van der Waals surface area contributed by atoms with Crippen molar-refractivity contribution in [3.05, 3.63) is 0 Å². The molecule has 0 aliphatic carbocycles. The zero-order valence-electron chi connectivity index (χ0n) is 9.76. The molecule has 0 amide bonds. The normalized spacial score (nSPS) is 17.7. The van der Waals surface area contributed by atoms with Crippen LogP contribution in [0.3, 0.4) is 0 Å². The molecular formula is C12H23NO2. The predicted octanol–water partition coefficient (Wildman–Crippen LogP) is 2.11. The van der Waals surface area contributed by atoms with Crippen molar-refractivity contribution in [2.75, 3.05) is 19.7 Å². The first-order chi connectivity index (χ1) is 7.33. The summed E-state index contributed by atoms with van der Waals surface area (Å²) in [5.74, 6) is 0.715. The maximum absolute atomic E-state index is 11.3. The predicted molar refractivity (Wildman–Crippen MR) is 60.7 cm³/mol. The molecule has 1 N–H and O–H groups in total. The van der Waals surface area contributed by atoms with E-state index in [2.05, 4.69) is 12.2 Å². The highest BCUT2D eigenvalue weighted by molar-refractivity contribution is 5.69. The summed E-state index contributed by atoms with van der Waals surface area (Å²) in [7, 11) is 0. The summed E-state index contributed by atoms with van der Waals surface area (Å²) >= 11 is 0. The van der Waals surface area contributed by atoms with E-state index in [1.807, 2.05) is 0 Å². The van der Waals surface area contributed by atoms with Gasteiger partial charge in [0.2, 0.25) is 0 Å². The number of hydrogen-bond donors (Lipinski definition) is 1. The van der Waals surface area contributed by atoms with Gasteiger partial charge >= 0.3 is 5.97 Å². The maximum atomic E-state index is 11.3. The lowest BCUT2D eigenvalue weighted by atomic mass is 9.93. The zero-order chi connectivity index (χ0) is 10.9. The second-order valence-electron chi connectivity index (χ2n) is 4.31. The zero-order valence-corrected chi connectivity index (χ0v) is 9.76. The SMILES string of the molecule is CCCCOC(=O)CCC1CCNCC1. The molecule has 1 fully saturated rings. The molecule has 0 atom stereocenters. The van der Waals surface area contributed by atoms with Crippen molar-refractivity contribution in [2.45, 2.75) is 45.4 Å². The lowest BCUT2D eigenvalue weighted by Crippen LogP contribution is -2.28. The van der Waals surface area contributed by atoms with Gasteiger partial charge in [-0.15, -0.1) is 0 Å². The van der Waals surface area contributed by atoms with Gasteiger partial charge in [0.25, 0.3) is 0 Å². The van der Waals surface area contributed by atoms with Gasteiger partial charge in [-0.3, -0.25) is 4.79 Å². The van der Waals surface area contributed by atoms with Gasteiger partial charge in [-0.25, -0.2) is 0 Å². The molecule has 88 valence electrons. The van der Waals surface area contributed by atoms with Gasteiger partial charge in [-0.2, -0.15) is 0 Å². The Kier molecular flexibility index (Phi) is 6.41. The first-order valence-electron chi connectivity index (χ1n) is 6.19. The third kappa shape index (κ3) is 5.78. The summed E-state index contributed by atoms with van der Waals surface area (Å²) in [5, 5.41) is 3.33. The summed E-state index contributed by atoms with van der Waals surface area (Å²) in [6.07, 6.45) is 6.10. The van der Waals surface area contributed by atoms with Crippen LogP contribution < -0.4 is 5.32 Å². The topological polar surface area (TPSA) is 38.3 Å². The van der Waals surface area contributed by atoms with Crippen molar-refractivity contribution in [3.63, 3.8) is 0 Å². The molecule has 1 aliphatic rings. The minimum absolute atomic E-state index is 0.0121. The molecule has 0 spiro atoms. The molecule has 3 heteroatoms. The smallest absolute Gasteiger partial charge is 0.305 e. The molecule has 1 saturated heterocycles. The van der Waals surface area contributed by atoms with Crippen LogP contribution in [0.2, 0.25) is 0 Å². The number of esters is 1. The van der Waals surface area contributed by atoms with Crippen LogP contribution in [-0.4, -0.2) is 25.7 Å². The van der Waals surface area contributed by atoms with Crippen LogP contribution in [0.25, 0.3) is 0 Å². The summed E-state index contributed by atoms with van der Waals surface area (Å²) in [6, 6.07) is 0. The highest BCUT2D eigenvalue weighted by atomic mass is 16.5. The number of hydrogen-bond acceptors (Lipinski definition) is 3. The Morgan fingerprint density at radius 1 is 1.40 bits per heavy atom. The van der Waals surface area contributed by atoms with Gasteiger partial charge in [0, 0.05) is 6.42 Å². The molecule has 0 bridgehead atoms. The number of nitrogens with one attached hydrogen (secondary N) is 1. The first kappa shape index (κ1) is 12.5. The van der Waals surface area contributed by atoms with E-state index in [4.69, 9.17) is 4.74 Å². The van der Waals surface area contributed by atoms with E-state index >= 15 is 0 Å². The van der Waals surface area contributed by atoms with Gasteiger partial charge in [-0.1, -0.05) is 13.3 Å². The van der Waals surface area contributed by atoms with Gasteiger partial charge in [0.05, 0.1) is 6.61 Å². The molecular weight excluding hydrogens is 190 g/mol. The largest absolute Gasteiger partial charge is 0.466 e. The Balaban J connectivity index is 2.00. The number of ether oxygens (including phenoxy) is 1. The van der Waals surface area contributed by atoms with E-state index in [9.17, 15) is 4.79 Å². The summed E-state index contributed by atoms with van der Waals surface area (Å²) in [6.45, 7) is 4.91. The summed E-state index contributed by atoms with van der Waals surface area (Å²) in [4.78, 5) is 11.3. The molecule has 1 rings (SSSR count). The van der Waals surface area contributed by atoms with Gasteiger partial charge in [-0.05, 0) is 44.7 Å².